The summed E-state index contributed by atoms with van der Waals surface area (Å²) in [5.74, 6) is 0. The first kappa shape index (κ1) is 40.3. The van der Waals surface area contributed by atoms with E-state index in [1.165, 1.54) is 100 Å². The highest BCUT2D eigenvalue weighted by atomic mass is 16.3. The van der Waals surface area contributed by atoms with Crippen molar-refractivity contribution in [3.8, 4) is 66.8 Å². The van der Waals surface area contributed by atoms with Crippen LogP contribution in [-0.2, 0) is 16.2 Å². The van der Waals surface area contributed by atoms with Crippen LogP contribution in [0.4, 0.5) is 0 Å². The fourth-order valence-electron chi connectivity index (χ4n) is 14.0. The maximum Gasteiger partial charge on any atom is 0.135 e. The lowest BCUT2D eigenvalue weighted by molar-refractivity contribution is 0.636. The van der Waals surface area contributed by atoms with Gasteiger partial charge in [0.25, 0.3) is 0 Å². The van der Waals surface area contributed by atoms with Gasteiger partial charge in [0.1, 0.15) is 33.5 Å². The summed E-state index contributed by atoms with van der Waals surface area (Å²) in [6, 6.07) is 67.1. The number of fused-ring (bicyclic) bond motifs is 21. The summed E-state index contributed by atoms with van der Waals surface area (Å²) in [5.41, 5.74) is 28.4. The fraction of sp³-hybridized carbons (Fsp3) is 0.130. The number of hydrogen-bond acceptors (Lipinski definition) is 3. The molecule has 3 heteroatoms. The van der Waals surface area contributed by atoms with Gasteiger partial charge >= 0.3 is 0 Å². The average Bonchev–Trinajstić information content (AvgIpc) is 4.21. The van der Waals surface area contributed by atoms with Crippen molar-refractivity contribution in [3.05, 3.63) is 215 Å². The van der Waals surface area contributed by atoms with Crippen LogP contribution in [0.1, 0.15) is 74.9 Å². The minimum absolute atomic E-state index is 0.297. The standard InChI is InChI=1S/C69H48O3/c1-67(2)52-25-19-37(40-22-28-58-46(31-40)43-13-7-10-16-55(43)70-58)34-49(52)61-64(67)62-50-35-38(41-23-29-59-47(32-41)44-14-8-11-17-56(44)71-59)20-26-53(50)68(3,4)66(62)63-51-36-39(21-27-54(51)69(5,6)65(61)63)42-24-30-60-48(33-42)45-15-9-12-18-57(45)72-60/h7-36H,1-6H3. The Morgan fingerprint density at radius 1 is 0.250 bits per heavy atom. The van der Waals surface area contributed by atoms with E-state index >= 15 is 0 Å². The average molecular weight is 925 g/mol. The Hall–Kier alpha value is -8.40. The van der Waals surface area contributed by atoms with Crippen molar-refractivity contribution in [1.82, 2.24) is 0 Å². The van der Waals surface area contributed by atoms with Crippen molar-refractivity contribution in [2.75, 3.05) is 0 Å². The minimum atomic E-state index is -0.297. The van der Waals surface area contributed by atoms with Crippen LogP contribution >= 0.6 is 0 Å². The van der Waals surface area contributed by atoms with Crippen molar-refractivity contribution in [3.63, 3.8) is 0 Å². The Bertz CT molecular complexity index is 4110. The van der Waals surface area contributed by atoms with Crippen molar-refractivity contribution in [2.24, 2.45) is 0 Å². The number of benzene rings is 10. The molecule has 13 aromatic rings. The van der Waals surface area contributed by atoms with Crippen LogP contribution in [0.3, 0.4) is 0 Å². The van der Waals surface area contributed by atoms with Crippen LogP contribution in [0.15, 0.2) is 195 Å². The predicted octanol–water partition coefficient (Wildman–Crippen LogP) is 19.3. The molecule has 0 fully saturated rings. The Morgan fingerprint density at radius 2 is 0.500 bits per heavy atom. The molecule has 0 saturated heterocycles. The molecule has 0 aliphatic heterocycles. The summed E-state index contributed by atoms with van der Waals surface area (Å²) in [6.07, 6.45) is 0. The third kappa shape index (κ3) is 5.10. The van der Waals surface area contributed by atoms with Gasteiger partial charge < -0.3 is 13.3 Å². The summed E-state index contributed by atoms with van der Waals surface area (Å²) in [6.45, 7) is 14.9. The van der Waals surface area contributed by atoms with E-state index in [0.29, 0.717) is 0 Å². The second-order valence-electron chi connectivity index (χ2n) is 22.3. The summed E-state index contributed by atoms with van der Waals surface area (Å²) < 4.78 is 18.9. The molecule has 0 spiro atoms. The van der Waals surface area contributed by atoms with Gasteiger partial charge in [-0.25, -0.2) is 0 Å². The van der Waals surface area contributed by atoms with Crippen molar-refractivity contribution in [1.29, 1.82) is 0 Å². The molecule has 3 heterocycles. The normalized spacial score (nSPS) is 15.4. The van der Waals surface area contributed by atoms with Crippen LogP contribution in [0, 0.1) is 0 Å². The van der Waals surface area contributed by atoms with E-state index in [4.69, 9.17) is 13.3 Å². The topological polar surface area (TPSA) is 39.4 Å². The molecule has 3 aliphatic carbocycles. The summed E-state index contributed by atoms with van der Waals surface area (Å²) in [5, 5.41) is 6.86. The summed E-state index contributed by atoms with van der Waals surface area (Å²) in [7, 11) is 0. The zero-order valence-electron chi connectivity index (χ0n) is 41.0. The van der Waals surface area contributed by atoms with Crippen LogP contribution in [-0.4, -0.2) is 0 Å². The lowest BCUT2D eigenvalue weighted by Gasteiger charge is -2.31. The van der Waals surface area contributed by atoms with Gasteiger partial charge in [-0.1, -0.05) is 151 Å². The van der Waals surface area contributed by atoms with Gasteiger partial charge in [0.15, 0.2) is 0 Å². The molecule has 0 N–H and O–H groups in total. The van der Waals surface area contributed by atoms with E-state index in [-0.39, 0.29) is 16.2 Å². The fourth-order valence-corrected chi connectivity index (χ4v) is 14.0. The van der Waals surface area contributed by atoms with Crippen LogP contribution in [0.2, 0.25) is 0 Å². The maximum atomic E-state index is 6.31. The van der Waals surface area contributed by atoms with Crippen molar-refractivity contribution in [2.45, 2.75) is 57.8 Å². The third-order valence-electron chi connectivity index (χ3n) is 17.4. The first-order valence-corrected chi connectivity index (χ1v) is 25.4. The largest absolute Gasteiger partial charge is 0.456 e. The molecule has 16 rings (SSSR count). The number of para-hydroxylation sites is 3. The van der Waals surface area contributed by atoms with Gasteiger partial charge in [0, 0.05) is 48.6 Å². The SMILES string of the molecule is CC1(C)c2ccc(-c3ccc4oc5ccccc5c4c3)cc2-c2c1c1c(c3c2C(C)(C)c2ccc(-c4ccc5oc6ccccc6c5c4)cc2-3)C(C)(C)c2ccc(-c3ccc4oc5ccccc5c4c3)cc2-1. The Kier molecular flexibility index (Phi) is 7.57. The Balaban J connectivity index is 0.968. The molecule has 3 aliphatic rings. The van der Waals surface area contributed by atoms with Crippen LogP contribution in [0.5, 0.6) is 0 Å². The van der Waals surface area contributed by atoms with E-state index in [1.807, 2.05) is 18.2 Å². The number of rotatable bonds is 3. The lowest BCUT2D eigenvalue weighted by Crippen LogP contribution is -2.22. The molecule has 3 aromatic heterocycles. The van der Waals surface area contributed by atoms with E-state index in [2.05, 4.69) is 205 Å². The van der Waals surface area contributed by atoms with E-state index in [9.17, 15) is 0 Å². The highest BCUT2D eigenvalue weighted by Gasteiger charge is 2.52. The zero-order chi connectivity index (χ0) is 48.2. The molecule has 0 amide bonds. The maximum absolute atomic E-state index is 6.31. The van der Waals surface area contributed by atoms with Gasteiger partial charge in [-0.2, -0.15) is 0 Å². The molecular formula is C69H48O3. The Labute approximate surface area is 417 Å². The van der Waals surface area contributed by atoms with Crippen molar-refractivity contribution >= 4 is 65.8 Å². The minimum Gasteiger partial charge on any atom is -0.456 e. The molecule has 10 aromatic carbocycles. The molecule has 0 bridgehead atoms. The molecule has 0 unspecified atom stereocenters. The quantitative estimate of drug-likeness (QED) is 0.177. The second-order valence-corrected chi connectivity index (χ2v) is 22.3. The molecule has 342 valence electrons. The molecule has 3 nitrogen and oxygen atoms in total. The first-order valence-electron chi connectivity index (χ1n) is 25.4. The lowest BCUT2D eigenvalue weighted by atomic mass is 9.71. The Morgan fingerprint density at radius 3 is 0.806 bits per heavy atom. The predicted molar refractivity (Wildman–Crippen MR) is 297 cm³/mol. The molecule has 0 radical (unpaired) electrons. The number of hydrogen-bond donors (Lipinski definition) is 0. The summed E-state index contributed by atoms with van der Waals surface area (Å²) in [4.78, 5) is 0. The highest BCUT2D eigenvalue weighted by molar-refractivity contribution is 6.10. The van der Waals surface area contributed by atoms with Gasteiger partial charge in [0.05, 0.1) is 0 Å². The van der Waals surface area contributed by atoms with E-state index in [1.54, 1.807) is 0 Å². The zero-order valence-corrected chi connectivity index (χ0v) is 41.0. The number of furan rings is 3. The smallest absolute Gasteiger partial charge is 0.135 e. The highest BCUT2D eigenvalue weighted by Crippen LogP contribution is 2.68. The molecular weight excluding hydrogens is 877 g/mol. The monoisotopic (exact) mass is 924 g/mol. The molecule has 0 atom stereocenters. The first-order chi connectivity index (χ1) is 34.9. The second kappa shape index (κ2) is 13.5. The summed E-state index contributed by atoms with van der Waals surface area (Å²) >= 11 is 0. The van der Waals surface area contributed by atoms with Crippen molar-refractivity contribution < 1.29 is 13.3 Å². The third-order valence-corrected chi connectivity index (χ3v) is 17.4. The van der Waals surface area contributed by atoms with Gasteiger partial charge in [0.2, 0.25) is 0 Å². The van der Waals surface area contributed by atoms with Crippen LogP contribution < -0.4 is 0 Å². The van der Waals surface area contributed by atoms with E-state index in [0.717, 1.165) is 65.8 Å². The van der Waals surface area contributed by atoms with E-state index < -0.39 is 0 Å². The van der Waals surface area contributed by atoms with Gasteiger partial charge in [-0.15, -0.1) is 0 Å². The molecule has 0 saturated carbocycles. The van der Waals surface area contributed by atoms with Crippen LogP contribution in [0.25, 0.3) is 133 Å². The van der Waals surface area contributed by atoms with Gasteiger partial charge in [-0.05, 0) is 173 Å². The molecule has 72 heavy (non-hydrogen) atoms. The van der Waals surface area contributed by atoms with Gasteiger partial charge in [-0.3, -0.25) is 0 Å².